The molecule has 1 aromatic rings. The van der Waals surface area contributed by atoms with E-state index in [1.807, 2.05) is 6.92 Å². The van der Waals surface area contributed by atoms with Crippen LogP contribution in [0.5, 0.6) is 0 Å². The molecule has 2 unspecified atom stereocenters. The second kappa shape index (κ2) is 5.67. The van der Waals surface area contributed by atoms with Crippen LogP contribution >= 0.6 is 11.6 Å². The van der Waals surface area contributed by atoms with E-state index in [0.717, 1.165) is 19.4 Å². The molecular weight excluding hydrogens is 255 g/mol. The van der Waals surface area contributed by atoms with Gasteiger partial charge < -0.3 is 10.6 Å². The third-order valence-electron chi connectivity index (χ3n) is 3.24. The molecule has 0 aromatic heterocycles. The fraction of sp³-hybridized carbons (Fsp3) is 0.462. The van der Waals surface area contributed by atoms with Crippen molar-refractivity contribution in [3.8, 4) is 0 Å². The van der Waals surface area contributed by atoms with Gasteiger partial charge in [0.25, 0.3) is 0 Å². The summed E-state index contributed by atoms with van der Waals surface area (Å²) in [6, 6.07) is 3.98. The van der Waals surface area contributed by atoms with E-state index in [4.69, 9.17) is 11.6 Å². The SMILES string of the molecule is CC1CCCNC1C(=O)Nc1ccc(F)c(Cl)c1. The summed E-state index contributed by atoms with van der Waals surface area (Å²) < 4.78 is 13.0. The molecule has 98 valence electrons. The molecule has 0 saturated carbocycles. The van der Waals surface area contributed by atoms with Crippen LogP contribution in [0.2, 0.25) is 5.02 Å². The smallest absolute Gasteiger partial charge is 0.241 e. The van der Waals surface area contributed by atoms with Gasteiger partial charge in [-0.1, -0.05) is 18.5 Å². The molecule has 1 heterocycles. The van der Waals surface area contributed by atoms with Crippen molar-refractivity contribution in [2.75, 3.05) is 11.9 Å². The summed E-state index contributed by atoms with van der Waals surface area (Å²) in [6.07, 6.45) is 2.13. The number of hydrogen-bond donors (Lipinski definition) is 2. The van der Waals surface area contributed by atoms with E-state index in [2.05, 4.69) is 10.6 Å². The summed E-state index contributed by atoms with van der Waals surface area (Å²) in [4.78, 5) is 12.1. The molecule has 18 heavy (non-hydrogen) atoms. The highest BCUT2D eigenvalue weighted by atomic mass is 35.5. The molecule has 2 rings (SSSR count). The maximum atomic E-state index is 13.0. The molecule has 5 heteroatoms. The minimum Gasteiger partial charge on any atom is -0.325 e. The van der Waals surface area contributed by atoms with Crippen LogP contribution in [0.25, 0.3) is 0 Å². The Morgan fingerprint density at radius 2 is 2.33 bits per heavy atom. The molecule has 1 saturated heterocycles. The number of carbonyl (C=O) groups is 1. The van der Waals surface area contributed by atoms with Crippen molar-refractivity contribution < 1.29 is 9.18 Å². The first-order valence-corrected chi connectivity index (χ1v) is 6.45. The third kappa shape index (κ3) is 3.00. The number of amides is 1. The first-order chi connectivity index (χ1) is 8.58. The first-order valence-electron chi connectivity index (χ1n) is 6.07. The van der Waals surface area contributed by atoms with Gasteiger partial charge in [0.2, 0.25) is 5.91 Å². The molecule has 1 aliphatic rings. The van der Waals surface area contributed by atoms with Crippen LogP contribution in [0, 0.1) is 11.7 Å². The summed E-state index contributed by atoms with van der Waals surface area (Å²) >= 11 is 5.67. The molecule has 0 bridgehead atoms. The normalized spacial score (nSPS) is 23.7. The molecule has 0 radical (unpaired) electrons. The number of anilines is 1. The lowest BCUT2D eigenvalue weighted by Crippen LogP contribution is -2.48. The molecule has 1 aliphatic heterocycles. The Balaban J connectivity index is 2.04. The molecule has 3 nitrogen and oxygen atoms in total. The van der Waals surface area contributed by atoms with E-state index < -0.39 is 5.82 Å². The van der Waals surface area contributed by atoms with Crippen LogP contribution in [-0.4, -0.2) is 18.5 Å². The van der Waals surface area contributed by atoms with E-state index in [0.29, 0.717) is 11.6 Å². The Kier molecular flexibility index (Phi) is 4.19. The van der Waals surface area contributed by atoms with Gasteiger partial charge in [0.05, 0.1) is 11.1 Å². The van der Waals surface area contributed by atoms with Gasteiger partial charge in [0, 0.05) is 5.69 Å². The summed E-state index contributed by atoms with van der Waals surface area (Å²) in [5.41, 5.74) is 0.519. The predicted octanol–water partition coefficient (Wildman–Crippen LogP) is 2.81. The number of nitrogens with one attached hydrogen (secondary N) is 2. The second-order valence-corrected chi connectivity index (χ2v) is 5.08. The third-order valence-corrected chi connectivity index (χ3v) is 3.53. The minimum atomic E-state index is -0.487. The van der Waals surface area contributed by atoms with Gasteiger partial charge in [0.15, 0.2) is 0 Å². The summed E-state index contributed by atoms with van der Waals surface area (Å²) in [7, 11) is 0. The lowest BCUT2D eigenvalue weighted by Gasteiger charge is -2.28. The van der Waals surface area contributed by atoms with Crippen LogP contribution in [-0.2, 0) is 4.79 Å². The lowest BCUT2D eigenvalue weighted by molar-refractivity contribution is -0.119. The number of hydrogen-bond acceptors (Lipinski definition) is 2. The van der Waals surface area contributed by atoms with E-state index >= 15 is 0 Å². The van der Waals surface area contributed by atoms with Crippen molar-refractivity contribution in [3.63, 3.8) is 0 Å². The van der Waals surface area contributed by atoms with E-state index in [1.54, 1.807) is 0 Å². The Hall–Kier alpha value is -1.13. The maximum absolute atomic E-state index is 13.0. The van der Waals surface area contributed by atoms with Gasteiger partial charge in [-0.15, -0.1) is 0 Å². The van der Waals surface area contributed by atoms with E-state index in [-0.39, 0.29) is 17.0 Å². The van der Waals surface area contributed by atoms with Crippen LogP contribution in [0.1, 0.15) is 19.8 Å². The molecule has 2 N–H and O–H groups in total. The van der Waals surface area contributed by atoms with Crippen molar-refractivity contribution in [1.82, 2.24) is 5.32 Å². The summed E-state index contributed by atoms with van der Waals surface area (Å²) in [5, 5.41) is 5.96. The Bertz CT molecular complexity index is 453. The fourth-order valence-electron chi connectivity index (χ4n) is 2.19. The zero-order valence-corrected chi connectivity index (χ0v) is 10.9. The van der Waals surface area contributed by atoms with Gasteiger partial charge in [-0.3, -0.25) is 4.79 Å². The van der Waals surface area contributed by atoms with Gasteiger partial charge in [-0.25, -0.2) is 4.39 Å². The van der Waals surface area contributed by atoms with Crippen LogP contribution < -0.4 is 10.6 Å². The zero-order valence-electron chi connectivity index (χ0n) is 10.2. The highest BCUT2D eigenvalue weighted by Crippen LogP contribution is 2.21. The van der Waals surface area contributed by atoms with Crippen LogP contribution in [0.3, 0.4) is 0 Å². The Labute approximate surface area is 111 Å². The molecule has 1 aromatic carbocycles. The first kappa shape index (κ1) is 13.3. The van der Waals surface area contributed by atoms with Gasteiger partial charge >= 0.3 is 0 Å². The molecular formula is C13H16ClFN2O. The van der Waals surface area contributed by atoms with Crippen LogP contribution in [0.4, 0.5) is 10.1 Å². The molecule has 0 aliphatic carbocycles. The Morgan fingerprint density at radius 1 is 1.56 bits per heavy atom. The number of carbonyl (C=O) groups excluding carboxylic acids is 1. The van der Waals surface area contributed by atoms with Gasteiger partial charge in [-0.2, -0.15) is 0 Å². The average molecular weight is 271 g/mol. The molecule has 1 fully saturated rings. The Morgan fingerprint density at radius 3 is 3.00 bits per heavy atom. The summed E-state index contributed by atoms with van der Waals surface area (Å²) in [6.45, 7) is 2.90. The van der Waals surface area contributed by atoms with Crippen molar-refractivity contribution in [2.24, 2.45) is 5.92 Å². The van der Waals surface area contributed by atoms with Crippen molar-refractivity contribution in [2.45, 2.75) is 25.8 Å². The zero-order chi connectivity index (χ0) is 13.1. The average Bonchev–Trinajstić information content (AvgIpc) is 2.34. The molecule has 2 atom stereocenters. The quantitative estimate of drug-likeness (QED) is 0.868. The van der Waals surface area contributed by atoms with Crippen LogP contribution in [0.15, 0.2) is 18.2 Å². The largest absolute Gasteiger partial charge is 0.325 e. The number of rotatable bonds is 2. The number of benzene rings is 1. The lowest BCUT2D eigenvalue weighted by atomic mass is 9.92. The second-order valence-electron chi connectivity index (χ2n) is 4.67. The molecule has 0 spiro atoms. The highest BCUT2D eigenvalue weighted by Gasteiger charge is 2.27. The van der Waals surface area contributed by atoms with Gasteiger partial charge in [-0.05, 0) is 43.5 Å². The van der Waals surface area contributed by atoms with E-state index in [9.17, 15) is 9.18 Å². The van der Waals surface area contributed by atoms with Crippen molar-refractivity contribution in [1.29, 1.82) is 0 Å². The standard InChI is InChI=1S/C13H16ClFN2O/c1-8-3-2-6-16-12(8)13(18)17-9-4-5-11(15)10(14)7-9/h4-5,7-8,12,16H,2-3,6H2,1H3,(H,17,18). The fourth-order valence-corrected chi connectivity index (χ4v) is 2.38. The predicted molar refractivity (Wildman–Crippen MR) is 70.2 cm³/mol. The number of piperidine rings is 1. The van der Waals surface area contributed by atoms with E-state index in [1.165, 1.54) is 18.2 Å². The monoisotopic (exact) mass is 270 g/mol. The van der Waals surface area contributed by atoms with Gasteiger partial charge in [0.1, 0.15) is 5.82 Å². The number of halogens is 2. The summed E-state index contributed by atoms with van der Waals surface area (Å²) in [5.74, 6) is -0.279. The highest BCUT2D eigenvalue weighted by molar-refractivity contribution is 6.31. The topological polar surface area (TPSA) is 41.1 Å². The van der Waals surface area contributed by atoms with Crippen molar-refractivity contribution in [3.05, 3.63) is 29.0 Å². The molecule has 1 amide bonds. The minimum absolute atomic E-state index is 0.0115. The maximum Gasteiger partial charge on any atom is 0.241 e. The van der Waals surface area contributed by atoms with Crippen molar-refractivity contribution >= 4 is 23.2 Å².